The summed E-state index contributed by atoms with van der Waals surface area (Å²) in [4.78, 5) is 29.0. The number of carbonyl (C=O) groups is 1. The highest BCUT2D eigenvalue weighted by Crippen LogP contribution is 2.28. The molecule has 0 bridgehead atoms. The van der Waals surface area contributed by atoms with E-state index in [1.807, 2.05) is 0 Å². The maximum atomic E-state index is 13.1. The lowest BCUT2D eigenvalue weighted by Gasteiger charge is -2.04. The number of furan rings is 1. The number of para-hydroxylation sites is 1. The van der Waals surface area contributed by atoms with Crippen LogP contribution in [0.5, 0.6) is 5.75 Å². The maximum absolute atomic E-state index is 13.1. The van der Waals surface area contributed by atoms with Crippen LogP contribution in [0.1, 0.15) is 12.7 Å². The van der Waals surface area contributed by atoms with E-state index in [2.05, 4.69) is 10.1 Å². The Morgan fingerprint density at radius 2 is 1.91 bits per heavy atom. The number of rotatable bonds is 4. The molecule has 0 saturated heterocycles. The van der Waals surface area contributed by atoms with Gasteiger partial charge in [-0.15, -0.1) is 5.10 Å². The van der Waals surface area contributed by atoms with Gasteiger partial charge in [-0.05, 0) is 48.5 Å². The Balaban J connectivity index is 1.50. The van der Waals surface area contributed by atoms with Crippen molar-refractivity contribution in [2.24, 2.45) is 0 Å². The molecule has 0 spiro atoms. The zero-order valence-electron chi connectivity index (χ0n) is 16.6. The molecule has 0 unspecified atom stereocenters. The largest absolute Gasteiger partial charge is 0.457 e. The van der Waals surface area contributed by atoms with Crippen LogP contribution in [0.3, 0.4) is 0 Å². The molecule has 0 atom stereocenters. The highest BCUT2D eigenvalue weighted by Gasteiger charge is 2.16. The summed E-state index contributed by atoms with van der Waals surface area (Å²) < 4.78 is 25.7. The summed E-state index contributed by atoms with van der Waals surface area (Å²) in [6.07, 6.45) is 1.61. The SMILES string of the molecule is CC(=O)Oc1ccccc1-c1nc2s/c(=C\c3ccc(-c4ccc(F)cc4)o3)c(=O)n2n1. The number of benzene rings is 2. The number of ether oxygens (including phenoxy) is 1. The van der Waals surface area contributed by atoms with Crippen LogP contribution in [0.4, 0.5) is 4.39 Å². The first-order valence-corrected chi connectivity index (χ1v) is 10.3. The molecule has 7 nitrogen and oxygen atoms in total. The third-order valence-corrected chi connectivity index (χ3v) is 5.55. The van der Waals surface area contributed by atoms with Gasteiger partial charge in [0.15, 0.2) is 5.82 Å². The van der Waals surface area contributed by atoms with E-state index in [4.69, 9.17) is 9.15 Å². The monoisotopic (exact) mass is 447 g/mol. The Hall–Kier alpha value is -4.11. The summed E-state index contributed by atoms with van der Waals surface area (Å²) in [5.41, 5.74) is 0.902. The van der Waals surface area contributed by atoms with Crippen LogP contribution >= 0.6 is 11.3 Å². The molecule has 5 rings (SSSR count). The Bertz CT molecular complexity index is 1570. The summed E-state index contributed by atoms with van der Waals surface area (Å²) in [5.74, 6) is 0.860. The average molecular weight is 447 g/mol. The molecule has 0 aliphatic heterocycles. The van der Waals surface area contributed by atoms with Crippen molar-refractivity contribution in [1.29, 1.82) is 0 Å². The highest BCUT2D eigenvalue weighted by atomic mass is 32.1. The van der Waals surface area contributed by atoms with Crippen LogP contribution < -0.4 is 14.8 Å². The molecule has 0 N–H and O–H groups in total. The summed E-state index contributed by atoms with van der Waals surface area (Å²) in [5, 5.41) is 4.30. The van der Waals surface area contributed by atoms with Crippen molar-refractivity contribution >= 4 is 28.3 Å². The summed E-state index contributed by atoms with van der Waals surface area (Å²) in [6, 6.07) is 16.3. The fourth-order valence-electron chi connectivity index (χ4n) is 3.17. The predicted octanol–water partition coefficient (Wildman–Crippen LogP) is 3.69. The molecule has 32 heavy (non-hydrogen) atoms. The minimum atomic E-state index is -0.460. The molecule has 0 aliphatic rings. The molecule has 0 saturated carbocycles. The van der Waals surface area contributed by atoms with Gasteiger partial charge in [0.05, 0.1) is 5.56 Å². The van der Waals surface area contributed by atoms with Crippen molar-refractivity contribution in [2.75, 3.05) is 0 Å². The number of esters is 1. The second kappa shape index (κ2) is 7.86. The molecule has 0 radical (unpaired) electrons. The van der Waals surface area contributed by atoms with Gasteiger partial charge in [0.2, 0.25) is 4.96 Å². The van der Waals surface area contributed by atoms with Gasteiger partial charge in [-0.1, -0.05) is 23.5 Å². The number of halogens is 1. The van der Waals surface area contributed by atoms with Crippen molar-refractivity contribution in [3.63, 3.8) is 0 Å². The zero-order chi connectivity index (χ0) is 22.2. The molecule has 0 fully saturated rings. The van der Waals surface area contributed by atoms with E-state index in [0.717, 1.165) is 16.9 Å². The van der Waals surface area contributed by atoms with E-state index in [9.17, 15) is 14.0 Å². The molecule has 2 aromatic carbocycles. The molecule has 5 aromatic rings. The third kappa shape index (κ3) is 3.69. The molecule has 9 heteroatoms. The van der Waals surface area contributed by atoms with E-state index in [-0.39, 0.29) is 17.2 Å². The average Bonchev–Trinajstić information content (AvgIpc) is 3.46. The minimum absolute atomic E-state index is 0.286. The molecule has 3 heterocycles. The molecule has 158 valence electrons. The number of hydrogen-bond donors (Lipinski definition) is 0. The van der Waals surface area contributed by atoms with Gasteiger partial charge in [0, 0.05) is 18.6 Å². The molecule has 0 amide bonds. The molecule has 3 aromatic heterocycles. The van der Waals surface area contributed by atoms with Crippen LogP contribution in [-0.4, -0.2) is 20.6 Å². The number of fused-ring (bicyclic) bond motifs is 1. The Labute approximate surface area is 184 Å². The van der Waals surface area contributed by atoms with Crippen LogP contribution in [0.2, 0.25) is 0 Å². The standard InChI is InChI=1S/C23H14FN3O4S/c1-13(28)30-19-5-3-2-4-17(19)21-25-23-27(26-21)22(29)20(32-23)12-16-10-11-18(31-16)14-6-8-15(24)9-7-14/h2-12H,1H3/b20-12-. The van der Waals surface area contributed by atoms with Crippen molar-refractivity contribution < 1.29 is 18.3 Å². The molecular weight excluding hydrogens is 433 g/mol. The van der Waals surface area contributed by atoms with Crippen LogP contribution in [-0.2, 0) is 4.79 Å². The fourth-order valence-corrected chi connectivity index (χ4v) is 4.06. The summed E-state index contributed by atoms with van der Waals surface area (Å²) in [6.45, 7) is 1.31. The number of nitrogens with zero attached hydrogens (tertiary/aromatic N) is 3. The third-order valence-electron chi connectivity index (χ3n) is 4.59. The van der Waals surface area contributed by atoms with Gasteiger partial charge < -0.3 is 9.15 Å². The topological polar surface area (TPSA) is 86.7 Å². The van der Waals surface area contributed by atoms with E-state index in [1.165, 1.54) is 23.6 Å². The summed E-state index contributed by atoms with van der Waals surface area (Å²) >= 11 is 1.16. The van der Waals surface area contributed by atoms with Crippen LogP contribution in [0.15, 0.2) is 69.9 Å². The van der Waals surface area contributed by atoms with Gasteiger partial charge in [-0.25, -0.2) is 4.39 Å². The Morgan fingerprint density at radius 1 is 1.12 bits per heavy atom. The van der Waals surface area contributed by atoms with E-state index in [1.54, 1.807) is 54.6 Å². The van der Waals surface area contributed by atoms with Crippen LogP contribution in [0, 0.1) is 5.82 Å². The Kier molecular flexibility index (Phi) is 4.87. The number of aromatic nitrogens is 3. The van der Waals surface area contributed by atoms with Crippen molar-refractivity contribution in [3.05, 3.63) is 87.1 Å². The second-order valence-corrected chi connectivity index (χ2v) is 7.85. The number of carbonyl (C=O) groups excluding carboxylic acids is 1. The molecule has 0 aliphatic carbocycles. The lowest BCUT2D eigenvalue weighted by Crippen LogP contribution is -2.23. The normalized spacial score (nSPS) is 11.9. The van der Waals surface area contributed by atoms with Crippen molar-refractivity contribution in [2.45, 2.75) is 6.92 Å². The van der Waals surface area contributed by atoms with Crippen molar-refractivity contribution in [1.82, 2.24) is 14.6 Å². The predicted molar refractivity (Wildman–Crippen MR) is 117 cm³/mol. The zero-order valence-corrected chi connectivity index (χ0v) is 17.4. The lowest BCUT2D eigenvalue weighted by atomic mass is 10.2. The van der Waals surface area contributed by atoms with Gasteiger partial charge in [-0.2, -0.15) is 9.50 Å². The van der Waals surface area contributed by atoms with E-state index < -0.39 is 5.97 Å². The summed E-state index contributed by atoms with van der Waals surface area (Å²) in [7, 11) is 0. The first kappa shape index (κ1) is 19.8. The van der Waals surface area contributed by atoms with Gasteiger partial charge >= 0.3 is 5.97 Å². The number of hydrogen-bond acceptors (Lipinski definition) is 7. The maximum Gasteiger partial charge on any atom is 0.308 e. The van der Waals surface area contributed by atoms with E-state index in [0.29, 0.717) is 32.3 Å². The quantitative estimate of drug-likeness (QED) is 0.309. The van der Waals surface area contributed by atoms with Gasteiger partial charge in [0.1, 0.15) is 27.6 Å². The highest BCUT2D eigenvalue weighted by molar-refractivity contribution is 7.15. The lowest BCUT2D eigenvalue weighted by molar-refractivity contribution is -0.131. The fraction of sp³-hybridized carbons (Fsp3) is 0.0435. The van der Waals surface area contributed by atoms with Gasteiger partial charge in [0.25, 0.3) is 5.56 Å². The first-order chi connectivity index (χ1) is 15.5. The molecular formula is C23H14FN3O4S. The first-order valence-electron chi connectivity index (χ1n) is 9.53. The smallest absolute Gasteiger partial charge is 0.308 e. The number of thiazole rings is 1. The van der Waals surface area contributed by atoms with E-state index >= 15 is 0 Å². The van der Waals surface area contributed by atoms with Crippen LogP contribution in [0.25, 0.3) is 33.7 Å². The Morgan fingerprint density at radius 3 is 2.66 bits per heavy atom. The minimum Gasteiger partial charge on any atom is -0.457 e. The van der Waals surface area contributed by atoms with Crippen molar-refractivity contribution in [3.8, 4) is 28.5 Å². The van der Waals surface area contributed by atoms with Gasteiger partial charge in [-0.3, -0.25) is 9.59 Å². The second-order valence-electron chi connectivity index (χ2n) is 6.84.